The third-order valence-corrected chi connectivity index (χ3v) is 1.83. The average molecular weight is 195 g/mol. The SMILES string of the molecule is COc1c(O)cccc1C(=O)N(C)C. The maximum Gasteiger partial charge on any atom is 0.257 e. The Morgan fingerprint density at radius 2 is 2.07 bits per heavy atom. The van der Waals surface area contributed by atoms with E-state index in [1.54, 1.807) is 26.2 Å². The summed E-state index contributed by atoms with van der Waals surface area (Å²) in [5.74, 6) is -0.0100. The maximum absolute atomic E-state index is 11.6. The number of benzene rings is 1. The van der Waals surface area contributed by atoms with Crippen molar-refractivity contribution in [2.75, 3.05) is 21.2 Å². The number of nitrogens with zero attached hydrogens (tertiary/aromatic N) is 1. The second kappa shape index (κ2) is 4.00. The summed E-state index contributed by atoms with van der Waals surface area (Å²) in [6, 6.07) is 4.70. The first-order valence-corrected chi connectivity index (χ1v) is 4.15. The normalized spacial score (nSPS) is 9.64. The molecular weight excluding hydrogens is 182 g/mol. The van der Waals surface area contributed by atoms with Gasteiger partial charge in [-0.15, -0.1) is 0 Å². The number of amides is 1. The summed E-state index contributed by atoms with van der Waals surface area (Å²) in [5, 5.41) is 9.43. The maximum atomic E-state index is 11.6. The molecule has 0 heterocycles. The molecule has 0 aromatic heterocycles. The minimum absolute atomic E-state index is 0.0276. The molecule has 76 valence electrons. The highest BCUT2D eigenvalue weighted by molar-refractivity contribution is 5.97. The van der Waals surface area contributed by atoms with Crippen molar-refractivity contribution in [2.45, 2.75) is 0 Å². The smallest absolute Gasteiger partial charge is 0.257 e. The summed E-state index contributed by atoms with van der Waals surface area (Å²) in [4.78, 5) is 13.0. The fourth-order valence-electron chi connectivity index (χ4n) is 1.15. The molecular formula is C10H13NO3. The standard InChI is InChI=1S/C10H13NO3/c1-11(2)10(13)7-5-4-6-8(12)9(7)14-3/h4-6,12H,1-3H3. The van der Waals surface area contributed by atoms with Gasteiger partial charge in [-0.05, 0) is 12.1 Å². The van der Waals surface area contributed by atoms with Gasteiger partial charge in [-0.2, -0.15) is 0 Å². The molecule has 0 spiro atoms. The van der Waals surface area contributed by atoms with Gasteiger partial charge in [0.15, 0.2) is 11.5 Å². The minimum Gasteiger partial charge on any atom is -0.504 e. The Kier molecular flexibility index (Phi) is 2.96. The van der Waals surface area contributed by atoms with Gasteiger partial charge in [-0.1, -0.05) is 6.07 Å². The van der Waals surface area contributed by atoms with Crippen LogP contribution in [0.15, 0.2) is 18.2 Å². The van der Waals surface area contributed by atoms with Gasteiger partial charge in [0.1, 0.15) is 0 Å². The summed E-state index contributed by atoms with van der Waals surface area (Å²) in [6.07, 6.45) is 0. The van der Waals surface area contributed by atoms with E-state index in [0.29, 0.717) is 5.56 Å². The number of phenolic OH excluding ortho intramolecular Hbond substituents is 1. The Morgan fingerprint density at radius 1 is 1.43 bits per heavy atom. The van der Waals surface area contributed by atoms with E-state index in [1.807, 2.05) is 0 Å². The second-order valence-electron chi connectivity index (χ2n) is 3.06. The number of ether oxygens (including phenoxy) is 1. The molecule has 4 nitrogen and oxygen atoms in total. The molecule has 0 aliphatic heterocycles. The van der Waals surface area contributed by atoms with Crippen LogP contribution in [0.3, 0.4) is 0 Å². The fourth-order valence-corrected chi connectivity index (χ4v) is 1.15. The number of phenols is 1. The molecule has 0 bridgehead atoms. The minimum atomic E-state index is -0.197. The van der Waals surface area contributed by atoms with E-state index in [4.69, 9.17) is 4.74 Å². The third-order valence-electron chi connectivity index (χ3n) is 1.83. The summed E-state index contributed by atoms with van der Waals surface area (Å²) < 4.78 is 4.95. The van der Waals surface area contributed by atoms with Crippen LogP contribution in [0.4, 0.5) is 0 Å². The molecule has 1 rings (SSSR count). The van der Waals surface area contributed by atoms with Crippen molar-refractivity contribution in [2.24, 2.45) is 0 Å². The molecule has 0 saturated heterocycles. The van der Waals surface area contributed by atoms with Crippen LogP contribution in [0.5, 0.6) is 11.5 Å². The van der Waals surface area contributed by atoms with Crippen molar-refractivity contribution in [3.63, 3.8) is 0 Å². The van der Waals surface area contributed by atoms with Crippen LogP contribution in [-0.4, -0.2) is 37.1 Å². The lowest BCUT2D eigenvalue weighted by Crippen LogP contribution is -2.22. The quantitative estimate of drug-likeness (QED) is 0.768. The lowest BCUT2D eigenvalue weighted by atomic mass is 10.1. The van der Waals surface area contributed by atoms with Crippen LogP contribution in [-0.2, 0) is 0 Å². The number of carbonyl (C=O) groups is 1. The van der Waals surface area contributed by atoms with Gasteiger partial charge < -0.3 is 14.7 Å². The molecule has 1 amide bonds. The number of para-hydroxylation sites is 1. The zero-order valence-corrected chi connectivity index (χ0v) is 8.44. The summed E-state index contributed by atoms with van der Waals surface area (Å²) >= 11 is 0. The van der Waals surface area contributed by atoms with Crippen molar-refractivity contribution in [1.29, 1.82) is 0 Å². The van der Waals surface area contributed by atoms with Crippen LogP contribution in [0.2, 0.25) is 0 Å². The van der Waals surface area contributed by atoms with Gasteiger partial charge >= 0.3 is 0 Å². The van der Waals surface area contributed by atoms with Crippen LogP contribution in [0, 0.1) is 0 Å². The topological polar surface area (TPSA) is 49.8 Å². The molecule has 0 atom stereocenters. The summed E-state index contributed by atoms with van der Waals surface area (Å²) in [5.41, 5.74) is 0.359. The Bertz CT molecular complexity index is 347. The molecule has 1 N–H and O–H groups in total. The first-order valence-electron chi connectivity index (χ1n) is 4.15. The lowest BCUT2D eigenvalue weighted by molar-refractivity contribution is 0.0823. The predicted molar refractivity (Wildman–Crippen MR) is 52.7 cm³/mol. The van der Waals surface area contributed by atoms with E-state index in [-0.39, 0.29) is 17.4 Å². The van der Waals surface area contributed by atoms with Crippen molar-refractivity contribution >= 4 is 5.91 Å². The molecule has 0 aliphatic carbocycles. The van der Waals surface area contributed by atoms with Crippen LogP contribution >= 0.6 is 0 Å². The Balaban J connectivity index is 3.20. The zero-order chi connectivity index (χ0) is 10.7. The molecule has 14 heavy (non-hydrogen) atoms. The molecule has 0 aliphatic rings. The van der Waals surface area contributed by atoms with Crippen LogP contribution in [0.25, 0.3) is 0 Å². The lowest BCUT2D eigenvalue weighted by Gasteiger charge is -2.13. The van der Waals surface area contributed by atoms with Crippen LogP contribution < -0.4 is 4.74 Å². The molecule has 0 radical (unpaired) electrons. The zero-order valence-electron chi connectivity index (χ0n) is 8.44. The predicted octanol–water partition coefficient (Wildman–Crippen LogP) is 1.10. The highest BCUT2D eigenvalue weighted by Crippen LogP contribution is 2.29. The number of methoxy groups -OCH3 is 1. The second-order valence-corrected chi connectivity index (χ2v) is 3.06. The monoisotopic (exact) mass is 195 g/mol. The first kappa shape index (κ1) is 10.4. The van der Waals surface area contributed by atoms with Crippen LogP contribution in [0.1, 0.15) is 10.4 Å². The highest BCUT2D eigenvalue weighted by atomic mass is 16.5. The van der Waals surface area contributed by atoms with E-state index in [0.717, 1.165) is 0 Å². The summed E-state index contributed by atoms with van der Waals surface area (Å²) in [6.45, 7) is 0. The van der Waals surface area contributed by atoms with E-state index < -0.39 is 0 Å². The van der Waals surface area contributed by atoms with E-state index in [2.05, 4.69) is 0 Å². The van der Waals surface area contributed by atoms with E-state index in [9.17, 15) is 9.90 Å². The van der Waals surface area contributed by atoms with Gasteiger partial charge in [0.25, 0.3) is 5.91 Å². The largest absolute Gasteiger partial charge is 0.504 e. The van der Waals surface area contributed by atoms with Crippen molar-refractivity contribution in [1.82, 2.24) is 4.90 Å². The van der Waals surface area contributed by atoms with Gasteiger partial charge in [0.2, 0.25) is 0 Å². The van der Waals surface area contributed by atoms with E-state index >= 15 is 0 Å². The van der Waals surface area contributed by atoms with Gasteiger partial charge in [-0.25, -0.2) is 0 Å². The fraction of sp³-hybridized carbons (Fsp3) is 0.300. The number of carbonyl (C=O) groups excluding carboxylic acids is 1. The van der Waals surface area contributed by atoms with E-state index in [1.165, 1.54) is 18.1 Å². The molecule has 0 saturated carbocycles. The number of aromatic hydroxyl groups is 1. The molecule has 1 aromatic carbocycles. The summed E-state index contributed by atoms with van der Waals surface area (Å²) in [7, 11) is 4.71. The number of hydrogen-bond acceptors (Lipinski definition) is 3. The third kappa shape index (κ3) is 1.79. The van der Waals surface area contributed by atoms with Gasteiger partial charge in [-0.3, -0.25) is 4.79 Å². The van der Waals surface area contributed by atoms with Gasteiger partial charge in [0, 0.05) is 14.1 Å². The Morgan fingerprint density at radius 3 is 2.57 bits per heavy atom. The first-order chi connectivity index (χ1) is 6.57. The van der Waals surface area contributed by atoms with Gasteiger partial charge in [0.05, 0.1) is 12.7 Å². The Hall–Kier alpha value is -1.71. The van der Waals surface area contributed by atoms with Crippen molar-refractivity contribution < 1.29 is 14.6 Å². The van der Waals surface area contributed by atoms with Crippen molar-refractivity contribution in [3.8, 4) is 11.5 Å². The Labute approximate surface area is 82.7 Å². The molecule has 4 heteroatoms. The molecule has 0 unspecified atom stereocenters. The number of rotatable bonds is 2. The molecule has 0 fully saturated rings. The average Bonchev–Trinajstić information content (AvgIpc) is 2.16. The number of hydrogen-bond donors (Lipinski definition) is 1. The highest BCUT2D eigenvalue weighted by Gasteiger charge is 2.16. The van der Waals surface area contributed by atoms with Crippen molar-refractivity contribution in [3.05, 3.63) is 23.8 Å². The molecule has 1 aromatic rings.